The molecule has 7 nitrogen and oxygen atoms in total. The van der Waals surface area contributed by atoms with Gasteiger partial charge in [-0.25, -0.2) is 9.59 Å². The average molecular weight is 305 g/mol. The lowest BCUT2D eigenvalue weighted by Gasteiger charge is -2.34. The molecule has 0 saturated carbocycles. The molecule has 0 aliphatic carbocycles. The van der Waals surface area contributed by atoms with E-state index in [1.165, 1.54) is 12.8 Å². The van der Waals surface area contributed by atoms with Crippen LogP contribution in [0, 0.1) is 0 Å². The molecule has 0 radical (unpaired) electrons. The molecule has 3 N–H and O–H groups in total. The summed E-state index contributed by atoms with van der Waals surface area (Å²) in [6.45, 7) is 7.58. The highest BCUT2D eigenvalue weighted by Crippen LogP contribution is 1.99. The third-order valence-corrected chi connectivity index (χ3v) is 3.18. The molecule has 0 aromatic carbocycles. The summed E-state index contributed by atoms with van der Waals surface area (Å²) < 4.78 is 0. The second-order valence-electron chi connectivity index (χ2n) is 4.49. The lowest BCUT2D eigenvalue weighted by molar-refractivity contribution is -0.159. The van der Waals surface area contributed by atoms with Crippen molar-refractivity contribution in [2.75, 3.05) is 39.8 Å². The van der Waals surface area contributed by atoms with Gasteiger partial charge in [0.15, 0.2) is 5.11 Å². The number of hydrogen-bond acceptors (Lipinski definition) is 4. The maximum absolute atomic E-state index is 9.10. The van der Waals surface area contributed by atoms with E-state index < -0.39 is 11.9 Å². The van der Waals surface area contributed by atoms with Crippen LogP contribution in [-0.4, -0.2) is 76.8 Å². The molecule has 0 bridgehead atoms. The molecule has 1 aliphatic heterocycles. The molecular weight excluding hydrogens is 282 g/mol. The molecule has 1 rings (SSSR count). The third kappa shape index (κ3) is 8.65. The number of likely N-dealkylation sites (N-methyl/N-ethyl adjacent to an activating group) is 1. The largest absolute Gasteiger partial charge is 0.473 e. The lowest BCUT2D eigenvalue weighted by Crippen LogP contribution is -2.50. The van der Waals surface area contributed by atoms with Crippen LogP contribution in [0.3, 0.4) is 0 Å². The van der Waals surface area contributed by atoms with Crippen LogP contribution in [0.5, 0.6) is 0 Å². The van der Waals surface area contributed by atoms with Crippen molar-refractivity contribution in [1.82, 2.24) is 15.1 Å². The predicted molar refractivity (Wildman–Crippen MR) is 79.9 cm³/mol. The Morgan fingerprint density at radius 1 is 1.15 bits per heavy atom. The zero-order valence-corrected chi connectivity index (χ0v) is 12.8. The first-order valence-corrected chi connectivity index (χ1v) is 6.96. The van der Waals surface area contributed by atoms with E-state index >= 15 is 0 Å². The van der Waals surface area contributed by atoms with E-state index in [2.05, 4.69) is 29.1 Å². The quantitative estimate of drug-likeness (QED) is 0.383. The van der Waals surface area contributed by atoms with Crippen LogP contribution in [0.1, 0.15) is 19.8 Å². The monoisotopic (exact) mass is 305 g/mol. The number of piperazine rings is 1. The van der Waals surface area contributed by atoms with Gasteiger partial charge in [-0.3, -0.25) is 0 Å². The predicted octanol–water partition coefficient (Wildman–Crippen LogP) is 0.0640. The van der Waals surface area contributed by atoms with Crippen LogP contribution in [-0.2, 0) is 9.59 Å². The number of rotatable bonds is 3. The molecule has 116 valence electrons. The minimum Gasteiger partial charge on any atom is -0.473 e. The Labute approximate surface area is 124 Å². The summed E-state index contributed by atoms with van der Waals surface area (Å²) in [5, 5.41) is 19.0. The molecule has 0 atom stereocenters. The van der Waals surface area contributed by atoms with Crippen LogP contribution >= 0.6 is 12.2 Å². The van der Waals surface area contributed by atoms with Crippen molar-refractivity contribution in [2.45, 2.75) is 19.8 Å². The molecule has 1 fully saturated rings. The van der Waals surface area contributed by atoms with E-state index in [-0.39, 0.29) is 0 Å². The highest BCUT2D eigenvalue weighted by molar-refractivity contribution is 7.80. The van der Waals surface area contributed by atoms with E-state index in [4.69, 9.17) is 32.0 Å². The Kier molecular flexibility index (Phi) is 9.65. The second kappa shape index (κ2) is 10.4. The van der Waals surface area contributed by atoms with Gasteiger partial charge in [0.1, 0.15) is 0 Å². The molecule has 20 heavy (non-hydrogen) atoms. The molecule has 0 unspecified atom stereocenters. The molecule has 0 amide bonds. The number of carboxylic acid groups (broad SMARTS) is 2. The fraction of sp³-hybridized carbons (Fsp3) is 0.750. The standard InChI is InChI=1S/C10H21N3S.C2H2O4/c1-3-4-5-11-10(14)13-8-6-12(2)7-9-13;3-1(4)2(5)6/h3-9H2,1-2H3,(H,11,14);(H,3,4)(H,5,6). The van der Waals surface area contributed by atoms with Gasteiger partial charge in [-0.1, -0.05) is 13.3 Å². The summed E-state index contributed by atoms with van der Waals surface area (Å²) in [6, 6.07) is 0. The van der Waals surface area contributed by atoms with Gasteiger partial charge in [-0.15, -0.1) is 0 Å². The first-order chi connectivity index (χ1) is 9.38. The van der Waals surface area contributed by atoms with Gasteiger partial charge in [0.2, 0.25) is 0 Å². The maximum Gasteiger partial charge on any atom is 0.414 e. The number of unbranched alkanes of at least 4 members (excludes halogenated alkanes) is 1. The van der Waals surface area contributed by atoms with Crippen molar-refractivity contribution in [3.8, 4) is 0 Å². The zero-order chi connectivity index (χ0) is 15.5. The van der Waals surface area contributed by atoms with Gasteiger partial charge >= 0.3 is 11.9 Å². The average Bonchev–Trinajstić information content (AvgIpc) is 2.40. The van der Waals surface area contributed by atoms with Crippen LogP contribution in [0.15, 0.2) is 0 Å². The van der Waals surface area contributed by atoms with Crippen molar-refractivity contribution in [1.29, 1.82) is 0 Å². The molecule has 8 heteroatoms. The number of carbonyl (C=O) groups is 2. The van der Waals surface area contributed by atoms with Gasteiger partial charge in [-0.2, -0.15) is 0 Å². The van der Waals surface area contributed by atoms with Crippen molar-refractivity contribution in [3.63, 3.8) is 0 Å². The minimum atomic E-state index is -1.82. The summed E-state index contributed by atoms with van der Waals surface area (Å²) >= 11 is 5.32. The zero-order valence-electron chi connectivity index (χ0n) is 12.0. The minimum absolute atomic E-state index is 0.937. The van der Waals surface area contributed by atoms with Crippen LogP contribution in [0.25, 0.3) is 0 Å². The smallest absolute Gasteiger partial charge is 0.414 e. The Hall–Kier alpha value is -1.41. The normalized spacial score (nSPS) is 15.0. The number of hydrogen-bond donors (Lipinski definition) is 3. The van der Waals surface area contributed by atoms with E-state index in [9.17, 15) is 0 Å². The highest BCUT2D eigenvalue weighted by Gasteiger charge is 2.15. The molecule has 1 heterocycles. The first kappa shape index (κ1) is 18.6. The van der Waals surface area contributed by atoms with Gasteiger partial charge < -0.3 is 25.3 Å². The SMILES string of the molecule is CCCCNC(=S)N1CCN(C)CC1.O=C(O)C(=O)O. The van der Waals surface area contributed by atoms with Gasteiger partial charge in [0.05, 0.1) is 0 Å². The number of nitrogens with zero attached hydrogens (tertiary/aromatic N) is 2. The maximum atomic E-state index is 9.10. The van der Waals surface area contributed by atoms with Gasteiger partial charge in [-0.05, 0) is 25.7 Å². The van der Waals surface area contributed by atoms with Crippen LogP contribution < -0.4 is 5.32 Å². The molecule has 1 saturated heterocycles. The lowest BCUT2D eigenvalue weighted by atomic mass is 10.3. The Morgan fingerprint density at radius 3 is 2.05 bits per heavy atom. The van der Waals surface area contributed by atoms with E-state index in [0.717, 1.165) is 37.8 Å². The fourth-order valence-corrected chi connectivity index (χ4v) is 1.78. The molecule has 0 aromatic rings. The van der Waals surface area contributed by atoms with Crippen molar-refractivity contribution in [2.24, 2.45) is 0 Å². The summed E-state index contributed by atoms with van der Waals surface area (Å²) in [5.41, 5.74) is 0. The van der Waals surface area contributed by atoms with Crippen molar-refractivity contribution >= 4 is 29.3 Å². The molecule has 0 spiro atoms. The molecule has 0 aromatic heterocycles. The number of aliphatic carboxylic acids is 2. The summed E-state index contributed by atoms with van der Waals surface area (Å²) in [6.07, 6.45) is 2.42. The Balaban J connectivity index is 0.000000511. The van der Waals surface area contributed by atoms with Crippen LogP contribution in [0.4, 0.5) is 0 Å². The number of nitrogens with one attached hydrogen (secondary N) is 1. The number of thiocarbonyl (C=S) groups is 1. The Bertz CT molecular complexity index is 319. The highest BCUT2D eigenvalue weighted by atomic mass is 32.1. The third-order valence-electron chi connectivity index (χ3n) is 2.78. The second-order valence-corrected chi connectivity index (χ2v) is 4.87. The summed E-state index contributed by atoms with van der Waals surface area (Å²) in [5.74, 6) is -3.65. The number of carboxylic acids is 2. The van der Waals surface area contributed by atoms with E-state index in [0.29, 0.717) is 0 Å². The van der Waals surface area contributed by atoms with Gasteiger partial charge in [0, 0.05) is 32.7 Å². The topological polar surface area (TPSA) is 93.1 Å². The van der Waals surface area contributed by atoms with Crippen molar-refractivity contribution in [3.05, 3.63) is 0 Å². The van der Waals surface area contributed by atoms with E-state index in [1.54, 1.807) is 0 Å². The molecular formula is C12H23N3O4S. The Morgan fingerprint density at radius 2 is 1.65 bits per heavy atom. The molecule has 1 aliphatic rings. The van der Waals surface area contributed by atoms with Crippen molar-refractivity contribution < 1.29 is 19.8 Å². The summed E-state index contributed by atoms with van der Waals surface area (Å²) in [7, 11) is 2.16. The van der Waals surface area contributed by atoms with Crippen LogP contribution in [0.2, 0.25) is 0 Å². The van der Waals surface area contributed by atoms with Gasteiger partial charge in [0.25, 0.3) is 0 Å². The fourth-order valence-electron chi connectivity index (χ4n) is 1.49. The summed E-state index contributed by atoms with van der Waals surface area (Å²) in [4.78, 5) is 22.8. The van der Waals surface area contributed by atoms with E-state index in [1.807, 2.05) is 0 Å². The first-order valence-electron chi connectivity index (χ1n) is 6.56.